The van der Waals surface area contributed by atoms with Gasteiger partial charge in [0.2, 0.25) is 5.91 Å². The summed E-state index contributed by atoms with van der Waals surface area (Å²) in [6.07, 6.45) is 9.50. The minimum absolute atomic E-state index is 0.0216. The Balaban J connectivity index is 1.42. The summed E-state index contributed by atoms with van der Waals surface area (Å²) in [5, 5.41) is 16.2. The van der Waals surface area contributed by atoms with Crippen molar-refractivity contribution in [3.05, 3.63) is 28.2 Å². The lowest BCUT2D eigenvalue weighted by atomic mass is 9.82. The number of carboxylic acids is 1. The molecule has 6 nitrogen and oxygen atoms in total. The van der Waals surface area contributed by atoms with Gasteiger partial charge in [0.25, 0.3) is 5.91 Å². The minimum atomic E-state index is -0.910. The van der Waals surface area contributed by atoms with Crippen LogP contribution in [0.1, 0.15) is 46.5 Å². The Morgan fingerprint density at radius 1 is 1.07 bits per heavy atom. The maximum atomic E-state index is 13.0. The molecule has 4 aliphatic rings. The van der Waals surface area contributed by atoms with Gasteiger partial charge in [-0.1, -0.05) is 12.2 Å². The van der Waals surface area contributed by atoms with Gasteiger partial charge in [-0.15, -0.1) is 11.3 Å². The Morgan fingerprint density at radius 2 is 1.81 bits per heavy atom. The van der Waals surface area contributed by atoms with Crippen LogP contribution in [0.2, 0.25) is 0 Å². The van der Waals surface area contributed by atoms with Crippen LogP contribution < -0.4 is 10.6 Å². The predicted octanol–water partition coefficient (Wildman–Crippen LogP) is 2.59. The van der Waals surface area contributed by atoms with Gasteiger partial charge < -0.3 is 15.7 Å². The second-order valence-corrected chi connectivity index (χ2v) is 9.24. The van der Waals surface area contributed by atoms with Crippen LogP contribution in [-0.4, -0.2) is 28.9 Å². The summed E-state index contributed by atoms with van der Waals surface area (Å²) >= 11 is 1.48. The zero-order valence-electron chi connectivity index (χ0n) is 14.9. The molecular formula is C20H22N2O4S. The highest BCUT2D eigenvalue weighted by atomic mass is 32.1. The average molecular weight is 386 g/mol. The molecule has 0 aromatic carbocycles. The topological polar surface area (TPSA) is 95.5 Å². The fraction of sp³-hybridized carbons (Fsp3) is 0.550. The molecule has 1 aromatic rings. The molecule has 2 fully saturated rings. The van der Waals surface area contributed by atoms with Gasteiger partial charge in [0.05, 0.1) is 17.4 Å². The quantitative estimate of drug-likeness (QED) is 0.678. The molecule has 2 amide bonds. The summed E-state index contributed by atoms with van der Waals surface area (Å²) in [5.74, 6) is -2.59. The first-order chi connectivity index (χ1) is 13.0. The van der Waals surface area contributed by atoms with Gasteiger partial charge in [-0.05, 0) is 55.9 Å². The number of anilines is 1. The van der Waals surface area contributed by atoms with Gasteiger partial charge >= 0.3 is 5.97 Å². The summed E-state index contributed by atoms with van der Waals surface area (Å²) in [6, 6.07) is 0.255. The number of allylic oxidation sites excluding steroid dienone is 2. The molecule has 4 aliphatic carbocycles. The molecule has 0 unspecified atom stereocenters. The molecule has 27 heavy (non-hydrogen) atoms. The van der Waals surface area contributed by atoms with Crippen molar-refractivity contribution in [2.45, 2.75) is 44.6 Å². The Labute approximate surface area is 161 Å². The molecule has 0 radical (unpaired) electrons. The van der Waals surface area contributed by atoms with E-state index in [0.29, 0.717) is 10.6 Å². The number of aryl methyl sites for hydroxylation is 1. The molecular weight excluding hydrogens is 364 g/mol. The molecule has 3 N–H and O–H groups in total. The molecule has 2 saturated carbocycles. The average Bonchev–Trinajstić information content (AvgIpc) is 3.02. The third-order valence-corrected chi connectivity index (χ3v) is 7.55. The van der Waals surface area contributed by atoms with Gasteiger partial charge in [-0.3, -0.25) is 14.4 Å². The number of fused-ring (bicyclic) bond motifs is 3. The number of carbonyl (C=O) groups excluding carboxylic acids is 2. The number of nitrogens with one attached hydrogen (secondary N) is 2. The van der Waals surface area contributed by atoms with Crippen LogP contribution in [0.5, 0.6) is 0 Å². The van der Waals surface area contributed by atoms with Crippen LogP contribution in [-0.2, 0) is 22.4 Å². The highest BCUT2D eigenvalue weighted by Crippen LogP contribution is 2.49. The Kier molecular flexibility index (Phi) is 3.89. The Morgan fingerprint density at radius 3 is 2.52 bits per heavy atom. The number of amides is 2. The Hall–Kier alpha value is -2.15. The van der Waals surface area contributed by atoms with Gasteiger partial charge in [0, 0.05) is 10.9 Å². The van der Waals surface area contributed by atoms with E-state index in [9.17, 15) is 19.5 Å². The first kappa shape index (κ1) is 17.0. The van der Waals surface area contributed by atoms with Crippen LogP contribution in [0.4, 0.5) is 5.00 Å². The lowest BCUT2D eigenvalue weighted by molar-refractivity contribution is -0.146. The van der Waals surface area contributed by atoms with Crippen LogP contribution in [0, 0.1) is 23.7 Å². The molecule has 4 atom stereocenters. The van der Waals surface area contributed by atoms with E-state index in [0.717, 1.165) is 44.1 Å². The standard InChI is InChI=1S/C20H22N2O4S/c23-17(14-9-4-5-10(8-9)15(14)20(25)26)22-19-16(18(24)21-11-6-7-11)12-2-1-3-13(12)27-19/h4-5,9-11,14-15H,1-3,6-8H2,(H,21,24)(H,22,23)(H,25,26)/t9-,10-,14+,15+/m0/s1. The van der Waals surface area contributed by atoms with Crippen LogP contribution in [0.15, 0.2) is 12.2 Å². The van der Waals surface area contributed by atoms with E-state index in [1.807, 2.05) is 12.2 Å². The molecule has 142 valence electrons. The van der Waals surface area contributed by atoms with Crippen LogP contribution in [0.3, 0.4) is 0 Å². The summed E-state index contributed by atoms with van der Waals surface area (Å²) in [7, 11) is 0. The summed E-state index contributed by atoms with van der Waals surface area (Å²) in [6.45, 7) is 0. The van der Waals surface area contributed by atoms with Crippen molar-refractivity contribution in [3.63, 3.8) is 0 Å². The molecule has 0 saturated heterocycles. The lowest BCUT2D eigenvalue weighted by Gasteiger charge is -2.23. The van der Waals surface area contributed by atoms with Crippen molar-refractivity contribution >= 4 is 34.1 Å². The van der Waals surface area contributed by atoms with Crippen molar-refractivity contribution in [2.75, 3.05) is 5.32 Å². The largest absolute Gasteiger partial charge is 0.481 e. The highest BCUT2D eigenvalue weighted by Gasteiger charge is 2.51. The second-order valence-electron chi connectivity index (χ2n) is 8.14. The fourth-order valence-corrected chi connectivity index (χ4v) is 6.22. The third kappa shape index (κ3) is 2.79. The molecule has 1 aromatic heterocycles. The smallest absolute Gasteiger partial charge is 0.307 e. The molecule has 0 aliphatic heterocycles. The number of thiophene rings is 1. The minimum Gasteiger partial charge on any atom is -0.481 e. The number of hydrogen-bond donors (Lipinski definition) is 3. The predicted molar refractivity (Wildman–Crippen MR) is 101 cm³/mol. The van der Waals surface area contributed by atoms with Crippen LogP contribution in [0.25, 0.3) is 0 Å². The highest BCUT2D eigenvalue weighted by molar-refractivity contribution is 7.17. The Bertz CT molecular complexity index is 870. The first-order valence-electron chi connectivity index (χ1n) is 9.70. The monoisotopic (exact) mass is 386 g/mol. The van der Waals surface area contributed by atoms with Crippen molar-refractivity contribution < 1.29 is 19.5 Å². The van der Waals surface area contributed by atoms with E-state index in [1.54, 1.807) is 0 Å². The van der Waals surface area contributed by atoms with E-state index >= 15 is 0 Å². The van der Waals surface area contributed by atoms with E-state index in [4.69, 9.17) is 0 Å². The van der Waals surface area contributed by atoms with Crippen LogP contribution >= 0.6 is 11.3 Å². The number of aliphatic carboxylic acids is 1. The number of carbonyl (C=O) groups is 3. The first-order valence-corrected chi connectivity index (χ1v) is 10.5. The SMILES string of the molecule is O=C(NC1CC1)c1c(NC(=O)[C@H]2[C@H](C(=O)O)[C@H]3C=C[C@H]2C3)sc2c1CCC2. The van der Waals surface area contributed by atoms with Crippen molar-refractivity contribution in [3.8, 4) is 0 Å². The van der Waals surface area contributed by atoms with E-state index < -0.39 is 17.8 Å². The van der Waals surface area contributed by atoms with E-state index in [1.165, 1.54) is 16.2 Å². The maximum Gasteiger partial charge on any atom is 0.307 e. The molecule has 2 bridgehead atoms. The van der Waals surface area contributed by atoms with E-state index in [-0.39, 0.29) is 29.7 Å². The summed E-state index contributed by atoms with van der Waals surface area (Å²) in [4.78, 5) is 38.7. The molecule has 1 heterocycles. The number of rotatable bonds is 5. The zero-order chi connectivity index (χ0) is 18.7. The second kappa shape index (κ2) is 6.19. The van der Waals surface area contributed by atoms with Gasteiger partial charge in [0.1, 0.15) is 5.00 Å². The van der Waals surface area contributed by atoms with Gasteiger partial charge in [0.15, 0.2) is 0 Å². The van der Waals surface area contributed by atoms with Crippen molar-refractivity contribution in [1.29, 1.82) is 0 Å². The van der Waals surface area contributed by atoms with Crippen molar-refractivity contribution in [1.82, 2.24) is 5.32 Å². The zero-order valence-corrected chi connectivity index (χ0v) is 15.7. The summed E-state index contributed by atoms with van der Waals surface area (Å²) < 4.78 is 0. The van der Waals surface area contributed by atoms with Gasteiger partial charge in [-0.25, -0.2) is 0 Å². The third-order valence-electron chi connectivity index (χ3n) is 6.34. The normalized spacial score (nSPS) is 30.4. The molecule has 0 spiro atoms. The van der Waals surface area contributed by atoms with E-state index in [2.05, 4.69) is 10.6 Å². The molecule has 7 heteroatoms. The maximum absolute atomic E-state index is 13.0. The molecule has 5 rings (SSSR count). The van der Waals surface area contributed by atoms with Gasteiger partial charge in [-0.2, -0.15) is 0 Å². The lowest BCUT2D eigenvalue weighted by Crippen LogP contribution is -2.36. The number of carboxylic acid groups (broad SMARTS) is 1. The summed E-state index contributed by atoms with van der Waals surface area (Å²) in [5.41, 5.74) is 1.68. The fourth-order valence-electron chi connectivity index (χ4n) is 4.93. The van der Waals surface area contributed by atoms with Crippen molar-refractivity contribution in [2.24, 2.45) is 23.7 Å². The number of hydrogen-bond acceptors (Lipinski definition) is 4.